The van der Waals surface area contributed by atoms with E-state index < -0.39 is 18.7 Å². The zero-order valence-corrected chi connectivity index (χ0v) is 12.6. The summed E-state index contributed by atoms with van der Waals surface area (Å²) in [5.41, 5.74) is 0.866. The van der Waals surface area contributed by atoms with E-state index in [9.17, 15) is 18.0 Å². The standard InChI is InChI=1S/C14H12F3N3O2S/c15-14(16,17)7-22-12-9(2-1-5-18-12)11(21)20-13-19-10(6-23-13)8-3-4-8/h1-2,5-6,8H,3-4,7H2,(H,19,20,21). The second-order valence-corrected chi connectivity index (χ2v) is 5.92. The first kappa shape index (κ1) is 15.7. The predicted molar refractivity (Wildman–Crippen MR) is 77.8 cm³/mol. The van der Waals surface area contributed by atoms with Gasteiger partial charge in [0.25, 0.3) is 5.91 Å². The summed E-state index contributed by atoms with van der Waals surface area (Å²) in [7, 11) is 0. The number of carbonyl (C=O) groups is 1. The van der Waals surface area contributed by atoms with Crippen molar-refractivity contribution in [2.24, 2.45) is 0 Å². The Balaban J connectivity index is 1.70. The Morgan fingerprint density at radius 1 is 1.43 bits per heavy atom. The summed E-state index contributed by atoms with van der Waals surface area (Å²) in [6.07, 6.45) is -1.05. The van der Waals surface area contributed by atoms with Crippen LogP contribution in [-0.4, -0.2) is 28.7 Å². The van der Waals surface area contributed by atoms with Crippen molar-refractivity contribution < 1.29 is 22.7 Å². The number of halogens is 3. The normalized spacial score (nSPS) is 14.6. The van der Waals surface area contributed by atoms with Crippen LogP contribution in [0.1, 0.15) is 34.8 Å². The molecule has 2 aromatic heterocycles. The fourth-order valence-corrected chi connectivity index (χ4v) is 2.69. The number of carbonyl (C=O) groups excluding carboxylic acids is 1. The van der Waals surface area contributed by atoms with E-state index in [1.807, 2.05) is 5.38 Å². The van der Waals surface area contributed by atoms with Gasteiger partial charge in [-0.15, -0.1) is 11.3 Å². The first-order chi connectivity index (χ1) is 10.9. The number of pyridine rings is 1. The van der Waals surface area contributed by atoms with Crippen molar-refractivity contribution in [3.63, 3.8) is 0 Å². The van der Waals surface area contributed by atoms with Crippen LogP contribution in [0.25, 0.3) is 0 Å². The first-order valence-corrected chi connectivity index (χ1v) is 7.72. The van der Waals surface area contributed by atoms with Gasteiger partial charge in [-0.25, -0.2) is 9.97 Å². The van der Waals surface area contributed by atoms with E-state index >= 15 is 0 Å². The van der Waals surface area contributed by atoms with E-state index in [4.69, 9.17) is 0 Å². The molecular weight excluding hydrogens is 331 g/mol. The topological polar surface area (TPSA) is 64.1 Å². The van der Waals surface area contributed by atoms with Crippen LogP contribution in [-0.2, 0) is 0 Å². The summed E-state index contributed by atoms with van der Waals surface area (Å²) < 4.78 is 41.3. The smallest absolute Gasteiger partial charge is 0.422 e. The summed E-state index contributed by atoms with van der Waals surface area (Å²) in [5, 5.41) is 4.84. The lowest BCUT2D eigenvalue weighted by atomic mass is 10.2. The van der Waals surface area contributed by atoms with Crippen molar-refractivity contribution in [3.8, 4) is 5.88 Å². The molecule has 1 amide bonds. The number of hydrogen-bond donors (Lipinski definition) is 1. The highest BCUT2D eigenvalue weighted by Crippen LogP contribution is 2.40. The van der Waals surface area contributed by atoms with Crippen LogP contribution in [0.2, 0.25) is 0 Å². The van der Waals surface area contributed by atoms with Crippen LogP contribution in [0.3, 0.4) is 0 Å². The van der Waals surface area contributed by atoms with E-state index in [0.29, 0.717) is 11.0 Å². The van der Waals surface area contributed by atoms with E-state index in [1.54, 1.807) is 0 Å². The molecule has 1 fully saturated rings. The van der Waals surface area contributed by atoms with Gasteiger partial charge in [-0.1, -0.05) is 0 Å². The van der Waals surface area contributed by atoms with Gasteiger partial charge in [-0.3, -0.25) is 10.1 Å². The zero-order valence-electron chi connectivity index (χ0n) is 11.8. The maximum atomic E-state index is 12.2. The lowest BCUT2D eigenvalue weighted by Gasteiger charge is -2.11. The summed E-state index contributed by atoms with van der Waals surface area (Å²) in [6, 6.07) is 2.80. The third kappa shape index (κ3) is 4.19. The van der Waals surface area contributed by atoms with Gasteiger partial charge >= 0.3 is 6.18 Å². The summed E-state index contributed by atoms with van der Waals surface area (Å²) in [4.78, 5) is 20.2. The van der Waals surface area contributed by atoms with E-state index in [1.165, 1.54) is 29.7 Å². The minimum Gasteiger partial charge on any atom is -0.467 e. The number of alkyl halides is 3. The molecule has 0 unspecified atom stereocenters. The van der Waals surface area contributed by atoms with Crippen LogP contribution in [0.5, 0.6) is 5.88 Å². The number of hydrogen-bond acceptors (Lipinski definition) is 5. The average molecular weight is 343 g/mol. The molecule has 3 rings (SSSR count). The Morgan fingerprint density at radius 2 is 2.22 bits per heavy atom. The molecule has 122 valence electrons. The quantitative estimate of drug-likeness (QED) is 0.901. The van der Waals surface area contributed by atoms with Crippen LogP contribution in [0.15, 0.2) is 23.7 Å². The molecule has 0 aromatic carbocycles. The maximum Gasteiger partial charge on any atom is 0.422 e. The van der Waals surface area contributed by atoms with E-state index in [2.05, 4.69) is 20.0 Å². The second-order valence-electron chi connectivity index (χ2n) is 5.07. The lowest BCUT2D eigenvalue weighted by molar-refractivity contribution is -0.154. The van der Waals surface area contributed by atoms with Crippen molar-refractivity contribution in [3.05, 3.63) is 35.0 Å². The number of rotatable bonds is 5. The number of thiazole rings is 1. The molecule has 0 saturated heterocycles. The monoisotopic (exact) mass is 343 g/mol. The minimum atomic E-state index is -4.50. The molecule has 2 aromatic rings. The van der Waals surface area contributed by atoms with E-state index in [-0.39, 0.29) is 11.4 Å². The molecule has 0 spiro atoms. The SMILES string of the molecule is O=C(Nc1nc(C2CC2)cs1)c1cccnc1OCC(F)(F)F. The lowest BCUT2D eigenvalue weighted by Crippen LogP contribution is -2.21. The Bertz CT molecular complexity index is 713. The molecule has 5 nitrogen and oxygen atoms in total. The fraction of sp³-hybridized carbons (Fsp3) is 0.357. The molecule has 1 N–H and O–H groups in total. The number of anilines is 1. The number of nitrogens with zero attached hydrogens (tertiary/aromatic N) is 2. The minimum absolute atomic E-state index is 0.0695. The van der Waals surface area contributed by atoms with Crippen molar-refractivity contribution in [1.29, 1.82) is 0 Å². The molecule has 9 heteroatoms. The van der Waals surface area contributed by atoms with Gasteiger partial charge in [-0.05, 0) is 25.0 Å². The third-order valence-electron chi connectivity index (χ3n) is 3.13. The van der Waals surface area contributed by atoms with Gasteiger partial charge in [0.05, 0.1) is 5.69 Å². The van der Waals surface area contributed by atoms with Crippen molar-refractivity contribution in [2.45, 2.75) is 24.9 Å². The third-order valence-corrected chi connectivity index (χ3v) is 3.90. The molecule has 0 bridgehead atoms. The summed E-state index contributed by atoms with van der Waals surface area (Å²) in [6.45, 7) is -1.51. The molecule has 0 aliphatic heterocycles. The maximum absolute atomic E-state index is 12.2. The Labute approximate surface area is 133 Å². The molecule has 1 aliphatic rings. The largest absolute Gasteiger partial charge is 0.467 e. The molecule has 23 heavy (non-hydrogen) atoms. The molecule has 1 aliphatic carbocycles. The van der Waals surface area contributed by atoms with Gasteiger partial charge < -0.3 is 4.74 Å². The molecule has 1 saturated carbocycles. The van der Waals surface area contributed by atoms with Gasteiger partial charge in [0, 0.05) is 17.5 Å². The van der Waals surface area contributed by atoms with Crippen LogP contribution in [0, 0.1) is 0 Å². The average Bonchev–Trinajstić information content (AvgIpc) is 3.25. The van der Waals surface area contributed by atoms with E-state index in [0.717, 1.165) is 18.5 Å². The highest BCUT2D eigenvalue weighted by atomic mass is 32.1. The molecular formula is C14H12F3N3O2S. The van der Waals surface area contributed by atoms with Crippen LogP contribution >= 0.6 is 11.3 Å². The van der Waals surface area contributed by atoms with Gasteiger partial charge in [0.15, 0.2) is 11.7 Å². The molecule has 2 heterocycles. The molecule has 0 atom stereocenters. The van der Waals surface area contributed by atoms with Gasteiger partial charge in [-0.2, -0.15) is 13.2 Å². The summed E-state index contributed by atoms with van der Waals surface area (Å²) in [5.74, 6) is -0.505. The number of ether oxygens (including phenoxy) is 1. The summed E-state index contributed by atoms with van der Waals surface area (Å²) >= 11 is 1.28. The van der Waals surface area contributed by atoms with Crippen molar-refractivity contribution in [2.75, 3.05) is 11.9 Å². The Morgan fingerprint density at radius 3 is 2.91 bits per heavy atom. The van der Waals surface area contributed by atoms with Crippen molar-refractivity contribution in [1.82, 2.24) is 9.97 Å². The number of aromatic nitrogens is 2. The zero-order chi connectivity index (χ0) is 16.4. The number of amides is 1. The second kappa shape index (κ2) is 6.15. The Kier molecular flexibility index (Phi) is 4.20. The highest BCUT2D eigenvalue weighted by Gasteiger charge is 2.30. The molecule has 0 radical (unpaired) electrons. The van der Waals surface area contributed by atoms with Crippen molar-refractivity contribution >= 4 is 22.4 Å². The highest BCUT2D eigenvalue weighted by molar-refractivity contribution is 7.14. The Hall–Kier alpha value is -2.16. The van der Waals surface area contributed by atoms with Gasteiger partial charge in [0.1, 0.15) is 5.56 Å². The number of nitrogens with one attached hydrogen (secondary N) is 1. The van der Waals surface area contributed by atoms with Crippen LogP contribution < -0.4 is 10.1 Å². The predicted octanol–water partition coefficient (Wildman–Crippen LogP) is 3.61. The fourth-order valence-electron chi connectivity index (χ4n) is 1.90. The van der Waals surface area contributed by atoms with Gasteiger partial charge in [0.2, 0.25) is 5.88 Å². The van der Waals surface area contributed by atoms with Crippen LogP contribution in [0.4, 0.5) is 18.3 Å². The first-order valence-electron chi connectivity index (χ1n) is 6.84.